The van der Waals surface area contributed by atoms with E-state index in [1.54, 1.807) is 7.11 Å². The Balaban J connectivity index is 1.44. The molecule has 0 spiro atoms. The summed E-state index contributed by atoms with van der Waals surface area (Å²) in [6.07, 6.45) is 3.30. The van der Waals surface area contributed by atoms with Gasteiger partial charge in [0.15, 0.2) is 23.1 Å². The van der Waals surface area contributed by atoms with Crippen LogP contribution in [0, 0.1) is 10.8 Å². The van der Waals surface area contributed by atoms with Gasteiger partial charge in [-0.2, -0.15) is 0 Å². The Labute approximate surface area is 271 Å². The maximum atomic E-state index is 14.2. The zero-order valence-electron chi connectivity index (χ0n) is 26.9. The van der Waals surface area contributed by atoms with E-state index in [1.165, 1.54) is 5.56 Å². The Morgan fingerprint density at radius 1 is 0.756 bits per heavy atom. The van der Waals surface area contributed by atoms with Gasteiger partial charge in [-0.05, 0) is 71.0 Å². The van der Waals surface area contributed by atoms with Crippen LogP contribution in [0.5, 0.6) is 11.5 Å². The molecule has 234 valence electrons. The number of hydrogen-bond donors (Lipinski definition) is 0. The number of nitrogens with zero attached hydrogens (tertiary/aromatic N) is 1. The van der Waals surface area contributed by atoms with E-state index in [9.17, 15) is 9.59 Å². The molecule has 6 heteroatoms. The minimum Gasteiger partial charge on any atom is -0.493 e. The molecule has 0 unspecified atom stereocenters. The van der Waals surface area contributed by atoms with Crippen molar-refractivity contribution in [1.82, 2.24) is 4.90 Å². The largest absolute Gasteiger partial charge is 0.493 e. The van der Waals surface area contributed by atoms with Gasteiger partial charge in [0, 0.05) is 52.9 Å². The summed E-state index contributed by atoms with van der Waals surface area (Å²) in [6, 6.07) is 23.9. The highest BCUT2D eigenvalue weighted by Crippen LogP contribution is 2.55. The van der Waals surface area contributed by atoms with Crippen molar-refractivity contribution in [3.8, 4) is 11.5 Å². The van der Waals surface area contributed by atoms with E-state index in [4.69, 9.17) is 21.1 Å². The van der Waals surface area contributed by atoms with Gasteiger partial charge in [-0.1, -0.05) is 87.8 Å². The number of carbonyl (C=O) groups is 2. The van der Waals surface area contributed by atoms with Crippen LogP contribution in [0.2, 0.25) is 5.02 Å². The van der Waals surface area contributed by atoms with Crippen LogP contribution in [0.15, 0.2) is 95.3 Å². The Bertz CT molecular complexity index is 1630. The van der Waals surface area contributed by atoms with Gasteiger partial charge in [0.1, 0.15) is 6.61 Å². The zero-order chi connectivity index (χ0) is 31.9. The number of halogens is 1. The fourth-order valence-electron chi connectivity index (χ4n) is 7.26. The SMILES string of the molecule is COc1cc(C2C3=C(CC(C)(C)CC3=O)N(CCc3ccccc3)C3=C2C(=O)CC(C)(C)C3)ccc1OCc1ccc(Cl)cc1. The average molecular weight is 624 g/mol. The number of ketones is 2. The van der Waals surface area contributed by atoms with E-state index in [0.717, 1.165) is 59.5 Å². The van der Waals surface area contributed by atoms with Crippen molar-refractivity contribution in [1.29, 1.82) is 0 Å². The second-order valence-corrected chi connectivity index (χ2v) is 14.7. The lowest BCUT2D eigenvalue weighted by Crippen LogP contribution is -2.45. The Morgan fingerprint density at radius 3 is 1.93 bits per heavy atom. The summed E-state index contributed by atoms with van der Waals surface area (Å²) >= 11 is 6.05. The molecule has 1 aliphatic heterocycles. The number of rotatable bonds is 8. The molecule has 0 radical (unpaired) electrons. The molecule has 0 fully saturated rings. The molecule has 45 heavy (non-hydrogen) atoms. The molecule has 0 saturated carbocycles. The van der Waals surface area contributed by atoms with Gasteiger partial charge >= 0.3 is 0 Å². The Kier molecular flexibility index (Phi) is 8.43. The van der Waals surface area contributed by atoms with Crippen molar-refractivity contribution in [2.24, 2.45) is 10.8 Å². The fraction of sp³-hybridized carbons (Fsp3) is 0.385. The quantitative estimate of drug-likeness (QED) is 0.251. The molecule has 3 aliphatic rings. The van der Waals surface area contributed by atoms with E-state index in [-0.39, 0.29) is 22.4 Å². The van der Waals surface area contributed by atoms with Crippen LogP contribution >= 0.6 is 11.6 Å². The average Bonchev–Trinajstić information content (AvgIpc) is 2.98. The van der Waals surface area contributed by atoms with Crippen LogP contribution in [0.1, 0.15) is 76.0 Å². The number of carbonyl (C=O) groups excluding carboxylic acids is 2. The van der Waals surface area contributed by atoms with Crippen molar-refractivity contribution in [3.63, 3.8) is 0 Å². The lowest BCUT2D eigenvalue weighted by atomic mass is 9.63. The van der Waals surface area contributed by atoms with Crippen molar-refractivity contribution in [2.45, 2.75) is 72.3 Å². The molecule has 3 aromatic carbocycles. The van der Waals surface area contributed by atoms with Gasteiger partial charge in [-0.3, -0.25) is 9.59 Å². The van der Waals surface area contributed by atoms with Gasteiger partial charge in [-0.25, -0.2) is 0 Å². The van der Waals surface area contributed by atoms with Crippen molar-refractivity contribution < 1.29 is 19.1 Å². The molecule has 2 aliphatic carbocycles. The molecule has 6 rings (SSSR count). The third-order valence-electron chi connectivity index (χ3n) is 9.32. The first-order chi connectivity index (χ1) is 21.4. The predicted octanol–water partition coefficient (Wildman–Crippen LogP) is 8.86. The van der Waals surface area contributed by atoms with Crippen LogP contribution in [0.3, 0.4) is 0 Å². The van der Waals surface area contributed by atoms with Crippen LogP contribution in [-0.2, 0) is 22.6 Å². The monoisotopic (exact) mass is 623 g/mol. The first-order valence-corrected chi connectivity index (χ1v) is 16.2. The molecular weight excluding hydrogens is 582 g/mol. The van der Waals surface area contributed by atoms with E-state index in [2.05, 4.69) is 56.9 Å². The van der Waals surface area contributed by atoms with Gasteiger partial charge in [0.05, 0.1) is 7.11 Å². The summed E-state index contributed by atoms with van der Waals surface area (Å²) in [7, 11) is 1.62. The van der Waals surface area contributed by atoms with E-state index < -0.39 is 5.92 Å². The third-order valence-corrected chi connectivity index (χ3v) is 9.57. The maximum absolute atomic E-state index is 14.2. The maximum Gasteiger partial charge on any atom is 0.162 e. The molecule has 0 atom stereocenters. The number of allylic oxidation sites excluding steroid dienone is 4. The molecular formula is C39H42ClNO4. The van der Waals surface area contributed by atoms with Crippen molar-refractivity contribution >= 4 is 23.2 Å². The van der Waals surface area contributed by atoms with E-state index in [0.29, 0.717) is 36.0 Å². The zero-order valence-corrected chi connectivity index (χ0v) is 27.7. The molecule has 0 bridgehead atoms. The topological polar surface area (TPSA) is 55.8 Å². The highest BCUT2D eigenvalue weighted by atomic mass is 35.5. The third kappa shape index (κ3) is 6.46. The lowest BCUT2D eigenvalue weighted by molar-refractivity contribution is -0.119. The van der Waals surface area contributed by atoms with E-state index in [1.807, 2.05) is 48.5 Å². The van der Waals surface area contributed by atoms with E-state index >= 15 is 0 Å². The summed E-state index contributed by atoms with van der Waals surface area (Å²) in [4.78, 5) is 30.7. The van der Waals surface area contributed by atoms with Gasteiger partial charge in [0.2, 0.25) is 0 Å². The van der Waals surface area contributed by atoms with Gasteiger partial charge in [-0.15, -0.1) is 0 Å². The summed E-state index contributed by atoms with van der Waals surface area (Å²) in [5.74, 6) is 0.996. The number of benzene rings is 3. The molecule has 0 saturated heterocycles. The predicted molar refractivity (Wildman–Crippen MR) is 178 cm³/mol. The second-order valence-electron chi connectivity index (χ2n) is 14.2. The molecule has 0 aromatic heterocycles. The molecule has 0 amide bonds. The first-order valence-electron chi connectivity index (χ1n) is 15.8. The first kappa shape index (κ1) is 31.2. The van der Waals surface area contributed by atoms with Crippen molar-refractivity contribution in [2.75, 3.05) is 13.7 Å². The Hall–Kier alpha value is -3.83. The second kappa shape index (κ2) is 12.2. The number of hydrogen-bond acceptors (Lipinski definition) is 5. The minimum atomic E-state index is -0.436. The molecule has 3 aromatic rings. The Morgan fingerprint density at radius 2 is 1.36 bits per heavy atom. The summed E-state index contributed by atoms with van der Waals surface area (Å²) in [6.45, 7) is 9.79. The number of methoxy groups -OCH3 is 1. The standard InChI is InChI=1S/C39H42ClNO4/c1-38(2)20-29-36(31(42)22-38)35(27-13-16-33(34(19-27)44-5)45-24-26-11-14-28(40)15-12-26)37-30(21-39(3,4)23-32(37)43)41(29)18-17-25-9-7-6-8-10-25/h6-16,19,35H,17-18,20-24H2,1-5H3. The number of ether oxygens (including phenoxy) is 2. The molecule has 5 nitrogen and oxygen atoms in total. The van der Waals surface area contributed by atoms with Crippen LogP contribution < -0.4 is 9.47 Å². The van der Waals surface area contributed by atoms with Crippen LogP contribution in [-0.4, -0.2) is 30.1 Å². The molecule has 0 N–H and O–H groups in total. The van der Waals surface area contributed by atoms with Crippen LogP contribution in [0.4, 0.5) is 0 Å². The van der Waals surface area contributed by atoms with Gasteiger partial charge in [0.25, 0.3) is 0 Å². The normalized spacial score (nSPS) is 19.4. The minimum absolute atomic E-state index is 0.127. The van der Waals surface area contributed by atoms with Crippen LogP contribution in [0.25, 0.3) is 0 Å². The smallest absolute Gasteiger partial charge is 0.162 e. The molecule has 1 heterocycles. The lowest BCUT2D eigenvalue weighted by Gasteiger charge is -2.49. The highest BCUT2D eigenvalue weighted by Gasteiger charge is 2.49. The fourth-order valence-corrected chi connectivity index (χ4v) is 7.39. The highest BCUT2D eigenvalue weighted by molar-refractivity contribution is 6.30. The summed E-state index contributed by atoms with van der Waals surface area (Å²) in [5, 5.41) is 0.676. The number of Topliss-reactive ketones (excluding diaryl/α,β-unsaturated/α-hetero) is 2. The summed E-state index contributed by atoms with van der Waals surface area (Å²) in [5.41, 5.74) is 6.46. The van der Waals surface area contributed by atoms with Crippen molar-refractivity contribution in [3.05, 3.63) is 117 Å². The van der Waals surface area contributed by atoms with Gasteiger partial charge < -0.3 is 14.4 Å². The summed E-state index contributed by atoms with van der Waals surface area (Å²) < 4.78 is 12.0.